The van der Waals surface area contributed by atoms with E-state index >= 15 is 0 Å². The van der Waals surface area contributed by atoms with Crippen molar-refractivity contribution >= 4 is 22.6 Å². The van der Waals surface area contributed by atoms with Crippen LogP contribution >= 0.6 is 0 Å². The molecule has 6 heteroatoms. The molecule has 144 valence electrons. The molecule has 1 amide bonds. The van der Waals surface area contributed by atoms with E-state index in [-0.39, 0.29) is 12.1 Å². The first-order chi connectivity index (χ1) is 13.6. The van der Waals surface area contributed by atoms with Crippen LogP contribution in [-0.2, 0) is 4.79 Å². The molecule has 1 saturated carbocycles. The minimum Gasteiger partial charge on any atom is -0.474 e. The number of H-pyrrole nitrogens is 1. The third kappa shape index (κ3) is 3.91. The fourth-order valence-electron chi connectivity index (χ4n) is 3.65. The fraction of sp³-hybridized carbons (Fsp3) is 0.318. The Hall–Kier alpha value is -3.15. The monoisotopic (exact) mass is 377 g/mol. The maximum atomic E-state index is 12.6. The first kappa shape index (κ1) is 18.2. The van der Waals surface area contributed by atoms with E-state index in [1.807, 2.05) is 43.3 Å². The molecule has 0 unspecified atom stereocenters. The quantitative estimate of drug-likeness (QED) is 0.526. The summed E-state index contributed by atoms with van der Waals surface area (Å²) in [7, 11) is 0. The number of hydrogen-bond acceptors (Lipinski definition) is 4. The fourth-order valence-corrected chi connectivity index (χ4v) is 3.65. The molecule has 1 aliphatic carbocycles. The average molecular weight is 377 g/mol. The van der Waals surface area contributed by atoms with Crippen molar-refractivity contribution in [2.24, 2.45) is 0 Å². The molecule has 28 heavy (non-hydrogen) atoms. The first-order valence-electron chi connectivity index (χ1n) is 9.61. The number of pyridine rings is 1. The molecule has 0 radical (unpaired) electrons. The number of amides is 1. The van der Waals surface area contributed by atoms with Gasteiger partial charge in [-0.1, -0.05) is 24.3 Å². The number of para-hydroxylation sites is 1. The second-order valence-corrected chi connectivity index (χ2v) is 7.32. The van der Waals surface area contributed by atoms with Crippen molar-refractivity contribution in [3.63, 3.8) is 0 Å². The lowest BCUT2D eigenvalue weighted by molar-refractivity contribution is -0.118. The third-order valence-corrected chi connectivity index (χ3v) is 5.22. The van der Waals surface area contributed by atoms with Gasteiger partial charge in [0.05, 0.1) is 5.56 Å². The minimum atomic E-state index is -0.547. The Balaban J connectivity index is 1.31. The Kier molecular flexibility index (Phi) is 5.10. The number of ether oxygens (including phenoxy) is 1. The number of nitrogens with one attached hydrogen (secondary N) is 2. The molecule has 1 aliphatic rings. The van der Waals surface area contributed by atoms with Gasteiger partial charge in [0.1, 0.15) is 6.10 Å². The molecule has 1 aromatic carbocycles. The molecule has 0 aliphatic heterocycles. The summed E-state index contributed by atoms with van der Waals surface area (Å²) in [6, 6.07) is 11.3. The number of Topliss-reactive ketones (excluding diaryl/α,β-unsaturated/α-hetero) is 1. The lowest BCUT2D eigenvalue weighted by Gasteiger charge is -2.29. The normalized spacial score (nSPS) is 19.3. The van der Waals surface area contributed by atoms with Gasteiger partial charge >= 0.3 is 0 Å². The average Bonchev–Trinajstić information content (AvgIpc) is 3.14. The van der Waals surface area contributed by atoms with Gasteiger partial charge in [-0.15, -0.1) is 0 Å². The number of hydrogen-bond donors (Lipinski definition) is 2. The predicted octanol–water partition coefficient (Wildman–Crippen LogP) is 3.56. The number of fused-ring (bicyclic) bond motifs is 1. The standard InChI is InChI=1S/C22H23N3O3/c1-14-6-11-20(24-12-14)28-16-9-7-15(8-10-16)25-22(27)21(26)18-13-23-19-5-3-2-4-17(18)19/h2-6,11-13,15-16,23H,7-10H2,1H3,(H,25,27). The van der Waals surface area contributed by atoms with E-state index in [0.717, 1.165) is 42.1 Å². The summed E-state index contributed by atoms with van der Waals surface area (Å²) in [6.07, 6.45) is 6.69. The number of ketones is 1. The first-order valence-corrected chi connectivity index (χ1v) is 9.61. The van der Waals surface area contributed by atoms with Crippen LogP contribution < -0.4 is 10.1 Å². The van der Waals surface area contributed by atoms with Crippen molar-refractivity contribution in [3.05, 3.63) is 59.9 Å². The number of carbonyl (C=O) groups is 2. The van der Waals surface area contributed by atoms with Crippen molar-refractivity contribution in [1.82, 2.24) is 15.3 Å². The maximum absolute atomic E-state index is 12.6. The number of nitrogens with zero attached hydrogens (tertiary/aromatic N) is 1. The zero-order valence-electron chi connectivity index (χ0n) is 15.8. The molecule has 0 bridgehead atoms. The number of carbonyl (C=O) groups excluding carboxylic acids is 2. The van der Waals surface area contributed by atoms with E-state index in [1.54, 1.807) is 12.4 Å². The van der Waals surface area contributed by atoms with Gasteiger partial charge in [-0.3, -0.25) is 9.59 Å². The van der Waals surface area contributed by atoms with Gasteiger partial charge in [-0.05, 0) is 44.2 Å². The second-order valence-electron chi connectivity index (χ2n) is 7.32. The van der Waals surface area contributed by atoms with Crippen LogP contribution in [0, 0.1) is 6.92 Å². The van der Waals surface area contributed by atoms with Crippen LogP contribution in [0.15, 0.2) is 48.8 Å². The highest BCUT2D eigenvalue weighted by Gasteiger charge is 2.27. The van der Waals surface area contributed by atoms with Crippen LogP contribution in [0.4, 0.5) is 0 Å². The molecule has 0 saturated heterocycles. The second kappa shape index (κ2) is 7.84. The lowest BCUT2D eigenvalue weighted by Crippen LogP contribution is -2.42. The van der Waals surface area contributed by atoms with Crippen LogP contribution in [-0.4, -0.2) is 33.8 Å². The van der Waals surface area contributed by atoms with Gasteiger partial charge in [0.25, 0.3) is 11.7 Å². The van der Waals surface area contributed by atoms with E-state index in [4.69, 9.17) is 4.74 Å². The highest BCUT2D eigenvalue weighted by Crippen LogP contribution is 2.23. The molecule has 2 aromatic heterocycles. The molecule has 2 heterocycles. The predicted molar refractivity (Wildman–Crippen MR) is 106 cm³/mol. The topological polar surface area (TPSA) is 84.1 Å². The Morgan fingerprint density at radius 1 is 1.11 bits per heavy atom. The van der Waals surface area contributed by atoms with Crippen LogP contribution in [0.25, 0.3) is 10.9 Å². The zero-order chi connectivity index (χ0) is 19.5. The smallest absolute Gasteiger partial charge is 0.292 e. The molecule has 3 aromatic rings. The van der Waals surface area contributed by atoms with Gasteiger partial charge in [-0.25, -0.2) is 4.98 Å². The lowest BCUT2D eigenvalue weighted by atomic mass is 9.92. The van der Waals surface area contributed by atoms with Gasteiger partial charge in [0.2, 0.25) is 5.88 Å². The Bertz CT molecular complexity index is 986. The Labute approximate surface area is 163 Å². The van der Waals surface area contributed by atoms with Crippen LogP contribution in [0.3, 0.4) is 0 Å². The molecule has 1 fully saturated rings. The summed E-state index contributed by atoms with van der Waals surface area (Å²) >= 11 is 0. The van der Waals surface area contributed by atoms with Crippen molar-refractivity contribution in [1.29, 1.82) is 0 Å². The molecule has 6 nitrogen and oxygen atoms in total. The van der Waals surface area contributed by atoms with Gasteiger partial charge < -0.3 is 15.0 Å². The van der Waals surface area contributed by atoms with Crippen LogP contribution in [0.1, 0.15) is 41.6 Å². The zero-order valence-corrected chi connectivity index (χ0v) is 15.8. The van der Waals surface area contributed by atoms with Gasteiger partial charge in [-0.2, -0.15) is 0 Å². The number of aromatic amines is 1. The molecule has 2 N–H and O–H groups in total. The van der Waals surface area contributed by atoms with E-state index in [2.05, 4.69) is 15.3 Å². The van der Waals surface area contributed by atoms with Crippen molar-refractivity contribution in [2.45, 2.75) is 44.8 Å². The summed E-state index contributed by atoms with van der Waals surface area (Å²) in [5.41, 5.74) is 2.36. The largest absolute Gasteiger partial charge is 0.474 e. The van der Waals surface area contributed by atoms with E-state index < -0.39 is 11.7 Å². The molecule has 0 spiro atoms. The van der Waals surface area contributed by atoms with Crippen LogP contribution in [0.5, 0.6) is 5.88 Å². The molecular weight excluding hydrogens is 354 g/mol. The van der Waals surface area contributed by atoms with E-state index in [0.29, 0.717) is 11.4 Å². The van der Waals surface area contributed by atoms with E-state index in [9.17, 15) is 9.59 Å². The Morgan fingerprint density at radius 2 is 1.89 bits per heavy atom. The summed E-state index contributed by atoms with van der Waals surface area (Å²) in [5.74, 6) is -0.415. The summed E-state index contributed by atoms with van der Waals surface area (Å²) in [4.78, 5) is 32.3. The minimum absolute atomic E-state index is 0.00696. The molecule has 0 atom stereocenters. The Morgan fingerprint density at radius 3 is 2.64 bits per heavy atom. The number of benzene rings is 1. The summed E-state index contributed by atoms with van der Waals surface area (Å²) in [6.45, 7) is 1.99. The number of aromatic nitrogens is 2. The molecule has 4 rings (SSSR count). The van der Waals surface area contributed by atoms with Gasteiger partial charge in [0, 0.05) is 35.4 Å². The highest BCUT2D eigenvalue weighted by atomic mass is 16.5. The maximum Gasteiger partial charge on any atom is 0.292 e. The van der Waals surface area contributed by atoms with Gasteiger partial charge in [0.15, 0.2) is 0 Å². The summed E-state index contributed by atoms with van der Waals surface area (Å²) < 4.78 is 5.92. The SMILES string of the molecule is Cc1ccc(OC2CCC(NC(=O)C(=O)c3c[nH]c4ccccc34)CC2)nc1. The summed E-state index contributed by atoms with van der Waals surface area (Å²) in [5, 5.41) is 3.66. The number of aryl methyl sites for hydroxylation is 1. The van der Waals surface area contributed by atoms with Crippen LogP contribution in [0.2, 0.25) is 0 Å². The third-order valence-electron chi connectivity index (χ3n) is 5.22. The van der Waals surface area contributed by atoms with E-state index in [1.165, 1.54) is 0 Å². The van der Waals surface area contributed by atoms with Crippen molar-refractivity contribution < 1.29 is 14.3 Å². The highest BCUT2D eigenvalue weighted by molar-refractivity contribution is 6.45. The number of rotatable bonds is 5. The van der Waals surface area contributed by atoms with Crippen molar-refractivity contribution in [2.75, 3.05) is 0 Å². The molecular formula is C22H23N3O3. The van der Waals surface area contributed by atoms with Crippen molar-refractivity contribution in [3.8, 4) is 5.88 Å².